The molecule has 2 aromatic rings. The fraction of sp³-hybridized carbons (Fsp3) is 0. The van der Waals surface area contributed by atoms with Crippen LogP contribution in [0.1, 0.15) is 5.56 Å². The summed E-state index contributed by atoms with van der Waals surface area (Å²) in [6.45, 7) is 0. The molecule has 0 bridgehead atoms. The summed E-state index contributed by atoms with van der Waals surface area (Å²) in [5.41, 5.74) is 11.7. The maximum Gasteiger partial charge on any atom is 0.158 e. The van der Waals surface area contributed by atoms with E-state index in [-0.39, 0.29) is 17.3 Å². The highest BCUT2D eigenvalue weighted by Crippen LogP contribution is 2.21. The van der Waals surface area contributed by atoms with Gasteiger partial charge in [-0.05, 0) is 48.5 Å². The molecule has 0 saturated heterocycles. The molecule has 4 N–H and O–H groups in total. The second-order valence-corrected chi connectivity index (χ2v) is 4.24. The molecule has 0 radical (unpaired) electrons. The number of hydrogen-bond acceptors (Lipinski definition) is 4. The SMILES string of the molecule is N#C/C(=C/N)N=C(N)c1ccc(Oc2ccc(F)cc2)cc1. The average molecular weight is 296 g/mol. The van der Waals surface area contributed by atoms with E-state index in [1.54, 1.807) is 24.3 Å². The molecule has 0 heterocycles. The summed E-state index contributed by atoms with van der Waals surface area (Å²) in [4.78, 5) is 3.89. The lowest BCUT2D eigenvalue weighted by Crippen LogP contribution is -2.13. The summed E-state index contributed by atoms with van der Waals surface area (Å²) < 4.78 is 18.4. The van der Waals surface area contributed by atoms with Gasteiger partial charge in [0.15, 0.2) is 5.70 Å². The summed E-state index contributed by atoms with van der Waals surface area (Å²) in [6.07, 6.45) is 1.08. The van der Waals surface area contributed by atoms with Crippen molar-refractivity contribution in [3.63, 3.8) is 0 Å². The number of rotatable bonds is 4. The smallest absolute Gasteiger partial charge is 0.158 e. The van der Waals surface area contributed by atoms with Gasteiger partial charge in [-0.3, -0.25) is 0 Å². The molecule has 0 aliphatic heterocycles. The van der Waals surface area contributed by atoms with Gasteiger partial charge in [-0.25, -0.2) is 9.38 Å². The van der Waals surface area contributed by atoms with Crippen LogP contribution < -0.4 is 16.2 Å². The fourth-order valence-corrected chi connectivity index (χ4v) is 1.63. The van der Waals surface area contributed by atoms with E-state index in [9.17, 15) is 4.39 Å². The number of amidine groups is 1. The highest BCUT2D eigenvalue weighted by Gasteiger charge is 2.02. The molecule has 0 atom stereocenters. The highest BCUT2D eigenvalue weighted by atomic mass is 19.1. The standard InChI is InChI=1S/C16H13FN4O/c17-12-3-7-15(8-4-12)22-14-5-1-11(2-6-14)16(20)21-13(9-18)10-19/h1-9H,18H2,(H2,20,21)/b13-9-. The van der Waals surface area contributed by atoms with Crippen molar-refractivity contribution in [1.82, 2.24) is 0 Å². The van der Waals surface area contributed by atoms with E-state index in [0.717, 1.165) is 6.20 Å². The molecule has 2 aromatic carbocycles. The summed E-state index contributed by atoms with van der Waals surface area (Å²) in [5.74, 6) is 0.936. The second-order valence-electron chi connectivity index (χ2n) is 4.24. The van der Waals surface area contributed by atoms with Gasteiger partial charge in [0.2, 0.25) is 0 Å². The Hall–Kier alpha value is -3.33. The lowest BCUT2D eigenvalue weighted by atomic mass is 10.2. The lowest BCUT2D eigenvalue weighted by Gasteiger charge is -2.06. The zero-order valence-corrected chi connectivity index (χ0v) is 11.5. The van der Waals surface area contributed by atoms with E-state index in [4.69, 9.17) is 21.5 Å². The molecule has 0 amide bonds. The fourth-order valence-electron chi connectivity index (χ4n) is 1.63. The number of aliphatic imine (C=N–C) groups is 1. The number of nitriles is 1. The molecule has 22 heavy (non-hydrogen) atoms. The summed E-state index contributed by atoms with van der Waals surface area (Å²) in [6, 6.07) is 14.3. The first kappa shape index (κ1) is 15.1. The van der Waals surface area contributed by atoms with E-state index in [2.05, 4.69) is 4.99 Å². The number of halogens is 1. The Morgan fingerprint density at radius 2 is 1.64 bits per heavy atom. The third-order valence-electron chi connectivity index (χ3n) is 2.71. The summed E-state index contributed by atoms with van der Waals surface area (Å²) >= 11 is 0. The van der Waals surface area contributed by atoms with Crippen molar-refractivity contribution in [1.29, 1.82) is 5.26 Å². The van der Waals surface area contributed by atoms with Gasteiger partial charge in [0.05, 0.1) is 0 Å². The molecule has 6 heteroatoms. The van der Waals surface area contributed by atoms with Crippen molar-refractivity contribution in [2.45, 2.75) is 0 Å². The van der Waals surface area contributed by atoms with Crippen molar-refractivity contribution >= 4 is 5.84 Å². The second kappa shape index (κ2) is 6.90. The van der Waals surface area contributed by atoms with Crippen LogP contribution in [-0.4, -0.2) is 5.84 Å². The van der Waals surface area contributed by atoms with Gasteiger partial charge in [-0.1, -0.05) is 0 Å². The molecule has 0 fully saturated rings. The number of hydrogen-bond donors (Lipinski definition) is 2. The number of nitrogens with two attached hydrogens (primary N) is 2. The number of ether oxygens (including phenoxy) is 1. The highest BCUT2D eigenvalue weighted by molar-refractivity contribution is 5.98. The van der Waals surface area contributed by atoms with Crippen LogP contribution in [0.3, 0.4) is 0 Å². The van der Waals surface area contributed by atoms with Crippen molar-refractivity contribution in [3.05, 3.63) is 71.8 Å². The minimum absolute atomic E-state index is 0.0316. The Labute approximate surface area is 127 Å². The van der Waals surface area contributed by atoms with Crippen molar-refractivity contribution < 1.29 is 9.13 Å². The van der Waals surface area contributed by atoms with Gasteiger partial charge in [0.25, 0.3) is 0 Å². The van der Waals surface area contributed by atoms with Crippen LogP contribution >= 0.6 is 0 Å². The van der Waals surface area contributed by atoms with Crippen LogP contribution in [0.15, 0.2) is 65.4 Å². The average Bonchev–Trinajstić information content (AvgIpc) is 2.55. The van der Waals surface area contributed by atoms with Gasteiger partial charge >= 0.3 is 0 Å². The Morgan fingerprint density at radius 1 is 1.09 bits per heavy atom. The first-order valence-electron chi connectivity index (χ1n) is 6.32. The van der Waals surface area contributed by atoms with E-state index in [0.29, 0.717) is 17.1 Å². The van der Waals surface area contributed by atoms with Gasteiger partial charge in [-0.15, -0.1) is 0 Å². The van der Waals surface area contributed by atoms with Gasteiger partial charge in [0.1, 0.15) is 29.2 Å². The molecule has 0 aliphatic carbocycles. The quantitative estimate of drug-likeness (QED) is 0.515. The minimum atomic E-state index is -0.326. The lowest BCUT2D eigenvalue weighted by molar-refractivity contribution is 0.480. The van der Waals surface area contributed by atoms with Crippen LogP contribution in [0, 0.1) is 17.1 Å². The van der Waals surface area contributed by atoms with Gasteiger partial charge in [-0.2, -0.15) is 5.26 Å². The third kappa shape index (κ3) is 3.84. The van der Waals surface area contributed by atoms with Crippen LogP contribution in [0.25, 0.3) is 0 Å². The van der Waals surface area contributed by atoms with E-state index < -0.39 is 0 Å². The monoisotopic (exact) mass is 296 g/mol. The normalized spacial score (nSPS) is 11.8. The summed E-state index contributed by atoms with van der Waals surface area (Å²) in [7, 11) is 0. The number of nitrogens with zero attached hydrogens (tertiary/aromatic N) is 2. The largest absolute Gasteiger partial charge is 0.457 e. The first-order chi connectivity index (χ1) is 10.6. The Kier molecular flexibility index (Phi) is 4.73. The molecule has 5 nitrogen and oxygen atoms in total. The van der Waals surface area contributed by atoms with Crippen molar-refractivity contribution in [2.75, 3.05) is 0 Å². The van der Waals surface area contributed by atoms with Crippen molar-refractivity contribution in [3.8, 4) is 17.6 Å². The summed E-state index contributed by atoms with van der Waals surface area (Å²) in [5, 5.41) is 8.74. The molecule has 2 rings (SSSR count). The van der Waals surface area contributed by atoms with Gasteiger partial charge < -0.3 is 16.2 Å². The van der Waals surface area contributed by atoms with Crippen LogP contribution in [0.2, 0.25) is 0 Å². The van der Waals surface area contributed by atoms with Crippen LogP contribution in [0.5, 0.6) is 11.5 Å². The first-order valence-corrected chi connectivity index (χ1v) is 6.32. The topological polar surface area (TPSA) is 97.4 Å². The van der Waals surface area contributed by atoms with E-state index >= 15 is 0 Å². The van der Waals surface area contributed by atoms with Crippen LogP contribution in [-0.2, 0) is 0 Å². The molecule has 0 spiro atoms. The van der Waals surface area contributed by atoms with E-state index in [1.807, 2.05) is 6.07 Å². The molecule has 0 aromatic heterocycles. The zero-order valence-electron chi connectivity index (χ0n) is 11.5. The number of benzene rings is 2. The molecule has 0 unspecified atom stereocenters. The van der Waals surface area contributed by atoms with Gasteiger partial charge in [0, 0.05) is 11.8 Å². The third-order valence-corrected chi connectivity index (χ3v) is 2.71. The molecule has 110 valence electrons. The van der Waals surface area contributed by atoms with Crippen LogP contribution in [0.4, 0.5) is 4.39 Å². The van der Waals surface area contributed by atoms with E-state index in [1.165, 1.54) is 24.3 Å². The predicted octanol–water partition coefficient (Wildman–Crippen LogP) is 2.65. The maximum absolute atomic E-state index is 12.8. The zero-order chi connectivity index (χ0) is 15.9. The molecule has 0 saturated carbocycles. The Balaban J connectivity index is 2.13. The minimum Gasteiger partial charge on any atom is -0.457 e. The number of allylic oxidation sites excluding steroid dienone is 1. The Morgan fingerprint density at radius 3 is 2.14 bits per heavy atom. The Bertz CT molecular complexity index is 743. The maximum atomic E-state index is 12.8. The predicted molar refractivity (Wildman–Crippen MR) is 81.5 cm³/mol. The molecular formula is C16H13FN4O. The molecule has 0 aliphatic rings. The molecular weight excluding hydrogens is 283 g/mol. The van der Waals surface area contributed by atoms with Crippen molar-refractivity contribution in [2.24, 2.45) is 16.5 Å².